The SMILES string of the molecule is CCOc1ccccc1C(=O)NCC(=O)OCc1csc(-c2ccc(C)cc2)n1. The third-order valence-electron chi connectivity index (χ3n) is 4.06. The Kier molecular flexibility index (Phi) is 6.97. The van der Waals surface area contributed by atoms with Gasteiger partial charge in [0.2, 0.25) is 0 Å². The zero-order chi connectivity index (χ0) is 20.6. The highest BCUT2D eigenvalue weighted by molar-refractivity contribution is 7.13. The first kappa shape index (κ1) is 20.5. The fourth-order valence-electron chi connectivity index (χ4n) is 2.59. The fraction of sp³-hybridized carbons (Fsp3) is 0.227. The molecular weight excluding hydrogens is 388 g/mol. The van der Waals surface area contributed by atoms with Gasteiger partial charge in [-0.05, 0) is 26.0 Å². The number of nitrogens with zero attached hydrogens (tertiary/aromatic N) is 1. The van der Waals surface area contributed by atoms with Crippen molar-refractivity contribution in [1.82, 2.24) is 10.3 Å². The molecule has 6 nitrogen and oxygen atoms in total. The molecule has 0 unspecified atom stereocenters. The number of esters is 1. The van der Waals surface area contributed by atoms with Crippen LogP contribution in [-0.4, -0.2) is 30.0 Å². The second-order valence-corrected chi connectivity index (χ2v) is 7.14. The summed E-state index contributed by atoms with van der Waals surface area (Å²) in [4.78, 5) is 28.8. The van der Waals surface area contributed by atoms with Gasteiger partial charge in [0, 0.05) is 10.9 Å². The summed E-state index contributed by atoms with van der Waals surface area (Å²) in [5, 5.41) is 5.29. The molecule has 0 saturated heterocycles. The van der Waals surface area contributed by atoms with E-state index in [2.05, 4.69) is 10.3 Å². The molecular formula is C22H22N2O4S. The second-order valence-electron chi connectivity index (χ2n) is 6.28. The summed E-state index contributed by atoms with van der Waals surface area (Å²) >= 11 is 1.50. The number of benzene rings is 2. The van der Waals surface area contributed by atoms with Gasteiger partial charge >= 0.3 is 5.97 Å². The summed E-state index contributed by atoms with van der Waals surface area (Å²) in [5.41, 5.74) is 3.26. The Morgan fingerprint density at radius 2 is 1.86 bits per heavy atom. The van der Waals surface area contributed by atoms with Crippen LogP contribution in [0.4, 0.5) is 0 Å². The summed E-state index contributed by atoms with van der Waals surface area (Å²) in [6.45, 7) is 4.16. The third kappa shape index (κ3) is 5.65. The van der Waals surface area contributed by atoms with Crippen LogP contribution in [0.3, 0.4) is 0 Å². The Labute approximate surface area is 173 Å². The molecule has 0 aliphatic carbocycles. The Hall–Kier alpha value is -3.19. The van der Waals surface area contributed by atoms with E-state index in [0.717, 1.165) is 10.6 Å². The van der Waals surface area contributed by atoms with Crippen molar-refractivity contribution in [3.8, 4) is 16.3 Å². The van der Waals surface area contributed by atoms with Gasteiger partial charge < -0.3 is 14.8 Å². The zero-order valence-electron chi connectivity index (χ0n) is 16.3. The maximum absolute atomic E-state index is 12.3. The Balaban J connectivity index is 1.49. The van der Waals surface area contributed by atoms with Gasteiger partial charge in [-0.2, -0.15) is 0 Å². The van der Waals surface area contributed by atoms with Crippen LogP contribution in [-0.2, 0) is 16.1 Å². The van der Waals surface area contributed by atoms with E-state index in [0.29, 0.717) is 23.6 Å². The van der Waals surface area contributed by atoms with Crippen LogP contribution in [0.2, 0.25) is 0 Å². The molecule has 2 aromatic carbocycles. The maximum atomic E-state index is 12.3. The molecule has 1 amide bonds. The Bertz CT molecular complexity index is 982. The van der Waals surface area contributed by atoms with Crippen LogP contribution in [0.15, 0.2) is 53.9 Å². The molecule has 0 fully saturated rings. The van der Waals surface area contributed by atoms with Gasteiger partial charge in [0.25, 0.3) is 5.91 Å². The van der Waals surface area contributed by atoms with Crippen LogP contribution in [0.5, 0.6) is 5.75 Å². The van der Waals surface area contributed by atoms with E-state index in [1.807, 2.05) is 43.5 Å². The smallest absolute Gasteiger partial charge is 0.325 e. The molecule has 3 aromatic rings. The Morgan fingerprint density at radius 1 is 1.10 bits per heavy atom. The minimum Gasteiger partial charge on any atom is -0.493 e. The number of carbonyl (C=O) groups excluding carboxylic acids is 2. The molecule has 0 radical (unpaired) electrons. The highest BCUT2D eigenvalue weighted by atomic mass is 32.1. The molecule has 29 heavy (non-hydrogen) atoms. The topological polar surface area (TPSA) is 77.5 Å². The lowest BCUT2D eigenvalue weighted by atomic mass is 10.2. The number of aromatic nitrogens is 1. The number of amides is 1. The van der Waals surface area contributed by atoms with Gasteiger partial charge in [-0.3, -0.25) is 9.59 Å². The largest absolute Gasteiger partial charge is 0.493 e. The number of para-hydroxylation sites is 1. The monoisotopic (exact) mass is 410 g/mol. The van der Waals surface area contributed by atoms with Crippen LogP contribution in [0, 0.1) is 6.92 Å². The number of hydrogen-bond acceptors (Lipinski definition) is 6. The van der Waals surface area contributed by atoms with Crippen LogP contribution in [0.1, 0.15) is 28.5 Å². The van der Waals surface area contributed by atoms with Crippen molar-refractivity contribution in [3.63, 3.8) is 0 Å². The lowest BCUT2D eigenvalue weighted by Gasteiger charge is -2.10. The van der Waals surface area contributed by atoms with E-state index in [-0.39, 0.29) is 19.1 Å². The molecule has 0 saturated carbocycles. The molecule has 3 rings (SSSR count). The first-order valence-electron chi connectivity index (χ1n) is 9.24. The minimum atomic E-state index is -0.530. The van der Waals surface area contributed by atoms with E-state index in [1.165, 1.54) is 16.9 Å². The van der Waals surface area contributed by atoms with Crippen LogP contribution >= 0.6 is 11.3 Å². The van der Waals surface area contributed by atoms with Gasteiger partial charge in [-0.15, -0.1) is 11.3 Å². The highest BCUT2D eigenvalue weighted by Gasteiger charge is 2.14. The number of rotatable bonds is 8. The standard InChI is InChI=1S/C22H22N2O4S/c1-3-27-19-7-5-4-6-18(19)21(26)23-12-20(25)28-13-17-14-29-22(24-17)16-10-8-15(2)9-11-16/h4-11,14H,3,12-13H2,1-2H3,(H,23,26). The zero-order valence-corrected chi connectivity index (χ0v) is 17.1. The number of hydrogen-bond donors (Lipinski definition) is 1. The summed E-state index contributed by atoms with van der Waals surface area (Å²) in [7, 11) is 0. The molecule has 7 heteroatoms. The summed E-state index contributed by atoms with van der Waals surface area (Å²) in [6.07, 6.45) is 0. The first-order chi connectivity index (χ1) is 14.1. The maximum Gasteiger partial charge on any atom is 0.325 e. The van der Waals surface area contributed by atoms with Gasteiger partial charge in [-0.25, -0.2) is 4.98 Å². The molecule has 0 atom stereocenters. The summed E-state index contributed by atoms with van der Waals surface area (Å²) in [6, 6.07) is 15.0. The average molecular weight is 410 g/mol. The van der Waals surface area contributed by atoms with Crippen molar-refractivity contribution < 1.29 is 19.1 Å². The molecule has 0 bridgehead atoms. The van der Waals surface area contributed by atoms with E-state index in [4.69, 9.17) is 9.47 Å². The van der Waals surface area contributed by atoms with Gasteiger partial charge in [0.1, 0.15) is 23.9 Å². The van der Waals surface area contributed by atoms with E-state index < -0.39 is 5.97 Å². The number of carbonyl (C=O) groups is 2. The predicted octanol–water partition coefficient (Wildman–Crippen LogP) is 3.99. The lowest BCUT2D eigenvalue weighted by Crippen LogP contribution is -2.30. The summed E-state index contributed by atoms with van der Waals surface area (Å²) in [5.74, 6) is -0.439. The Morgan fingerprint density at radius 3 is 2.62 bits per heavy atom. The van der Waals surface area contributed by atoms with Crippen molar-refractivity contribution in [2.45, 2.75) is 20.5 Å². The van der Waals surface area contributed by atoms with Gasteiger partial charge in [0.05, 0.1) is 17.9 Å². The first-order valence-corrected chi connectivity index (χ1v) is 10.1. The second kappa shape index (κ2) is 9.84. The molecule has 1 aromatic heterocycles. The third-order valence-corrected chi connectivity index (χ3v) is 5.00. The predicted molar refractivity (Wildman–Crippen MR) is 112 cm³/mol. The van der Waals surface area contributed by atoms with Crippen LogP contribution < -0.4 is 10.1 Å². The van der Waals surface area contributed by atoms with Crippen molar-refractivity contribution in [2.75, 3.05) is 13.2 Å². The molecule has 0 aliphatic rings. The van der Waals surface area contributed by atoms with Crippen LogP contribution in [0.25, 0.3) is 10.6 Å². The van der Waals surface area contributed by atoms with E-state index in [9.17, 15) is 9.59 Å². The fourth-order valence-corrected chi connectivity index (χ4v) is 3.40. The van der Waals surface area contributed by atoms with Gasteiger partial charge in [0.15, 0.2) is 0 Å². The molecule has 0 spiro atoms. The lowest BCUT2D eigenvalue weighted by molar-refractivity contribution is -0.143. The summed E-state index contributed by atoms with van der Waals surface area (Å²) < 4.78 is 10.7. The minimum absolute atomic E-state index is 0.0621. The van der Waals surface area contributed by atoms with Crippen molar-refractivity contribution in [1.29, 1.82) is 0 Å². The molecule has 1 heterocycles. The molecule has 150 valence electrons. The number of thiazole rings is 1. The molecule has 1 N–H and O–H groups in total. The quantitative estimate of drug-likeness (QED) is 0.568. The number of ether oxygens (including phenoxy) is 2. The molecule has 0 aliphatic heterocycles. The van der Waals surface area contributed by atoms with E-state index >= 15 is 0 Å². The number of aryl methyl sites for hydroxylation is 1. The van der Waals surface area contributed by atoms with E-state index in [1.54, 1.807) is 24.3 Å². The normalized spacial score (nSPS) is 10.4. The number of nitrogens with one attached hydrogen (secondary N) is 1. The van der Waals surface area contributed by atoms with Crippen molar-refractivity contribution >= 4 is 23.2 Å². The highest BCUT2D eigenvalue weighted by Crippen LogP contribution is 2.24. The van der Waals surface area contributed by atoms with Gasteiger partial charge in [-0.1, -0.05) is 42.0 Å². The average Bonchev–Trinajstić information content (AvgIpc) is 3.21. The van der Waals surface area contributed by atoms with Crippen molar-refractivity contribution in [2.24, 2.45) is 0 Å². The van der Waals surface area contributed by atoms with Crippen molar-refractivity contribution in [3.05, 3.63) is 70.7 Å².